The molecule has 8 heteroatoms. The number of para-hydroxylation sites is 1. The average Bonchev–Trinajstić information content (AvgIpc) is 3.05. The number of thiazole rings is 1. The largest absolute Gasteiger partial charge is 0.458 e. The Hall–Kier alpha value is -0.960. The van der Waals surface area contributed by atoms with Crippen LogP contribution in [0.2, 0.25) is 0 Å². The number of esters is 1. The summed E-state index contributed by atoms with van der Waals surface area (Å²) in [4.78, 5) is 16.8. The lowest BCUT2D eigenvalue weighted by molar-refractivity contribution is -0.148. The number of rotatable bonds is 12. The van der Waals surface area contributed by atoms with Gasteiger partial charge in [-0.3, -0.25) is 9.00 Å². The minimum atomic E-state index is -1.01. The predicted octanol–water partition coefficient (Wildman–Crippen LogP) is 4.27. The molecule has 0 aliphatic carbocycles. The van der Waals surface area contributed by atoms with Gasteiger partial charge in [-0.1, -0.05) is 37.2 Å². The Morgan fingerprint density at radius 1 is 1.33 bits per heavy atom. The minimum absolute atomic E-state index is 0.0346. The Bertz CT molecular complexity index is 714. The van der Waals surface area contributed by atoms with Crippen LogP contribution in [0.15, 0.2) is 28.6 Å². The SMILES string of the molecule is CCCCS(=O)CC(COC(C)C)OC(=O)CSc1nc2ccccc2s1. The smallest absolute Gasteiger partial charge is 0.316 e. The van der Waals surface area contributed by atoms with E-state index in [1.165, 1.54) is 11.8 Å². The highest BCUT2D eigenvalue weighted by molar-refractivity contribution is 8.01. The lowest BCUT2D eigenvalue weighted by Gasteiger charge is -2.19. The molecule has 5 nitrogen and oxygen atoms in total. The summed E-state index contributed by atoms with van der Waals surface area (Å²) in [6.45, 7) is 6.19. The number of fused-ring (bicyclic) bond motifs is 1. The van der Waals surface area contributed by atoms with Gasteiger partial charge in [0.2, 0.25) is 0 Å². The van der Waals surface area contributed by atoms with E-state index in [1.54, 1.807) is 11.3 Å². The molecule has 1 aromatic heterocycles. The first kappa shape index (κ1) is 22.3. The molecule has 1 aromatic carbocycles. The van der Waals surface area contributed by atoms with Gasteiger partial charge in [0.1, 0.15) is 6.10 Å². The van der Waals surface area contributed by atoms with E-state index in [0.29, 0.717) is 11.5 Å². The van der Waals surface area contributed by atoms with Gasteiger partial charge in [0.25, 0.3) is 0 Å². The van der Waals surface area contributed by atoms with Crippen molar-refractivity contribution in [3.8, 4) is 0 Å². The van der Waals surface area contributed by atoms with Crippen LogP contribution in [0.4, 0.5) is 0 Å². The van der Waals surface area contributed by atoms with Crippen LogP contribution < -0.4 is 0 Å². The Balaban J connectivity index is 1.85. The Morgan fingerprint density at radius 3 is 2.81 bits per heavy atom. The van der Waals surface area contributed by atoms with E-state index in [-0.39, 0.29) is 24.4 Å². The highest BCUT2D eigenvalue weighted by Gasteiger charge is 2.19. The third-order valence-electron chi connectivity index (χ3n) is 3.60. The zero-order valence-corrected chi connectivity index (χ0v) is 18.5. The van der Waals surface area contributed by atoms with Crippen molar-refractivity contribution >= 4 is 50.1 Å². The predicted molar refractivity (Wildman–Crippen MR) is 114 cm³/mol. The van der Waals surface area contributed by atoms with E-state index in [0.717, 1.165) is 27.4 Å². The Kier molecular flexibility index (Phi) is 9.75. The molecular weight excluding hydrogens is 402 g/mol. The molecule has 0 saturated carbocycles. The summed E-state index contributed by atoms with van der Waals surface area (Å²) in [5.74, 6) is 0.806. The second kappa shape index (κ2) is 11.8. The van der Waals surface area contributed by atoms with Crippen LogP contribution in [0.1, 0.15) is 33.6 Å². The van der Waals surface area contributed by atoms with Crippen LogP contribution in [0.3, 0.4) is 0 Å². The van der Waals surface area contributed by atoms with Crippen molar-refractivity contribution in [1.82, 2.24) is 4.98 Å². The quantitative estimate of drug-likeness (QED) is 0.371. The number of carbonyl (C=O) groups is 1. The molecular formula is C19H27NO4S3. The molecule has 1 heterocycles. The molecule has 0 spiro atoms. The Labute approximate surface area is 171 Å². The molecule has 0 saturated heterocycles. The van der Waals surface area contributed by atoms with Gasteiger partial charge >= 0.3 is 5.97 Å². The van der Waals surface area contributed by atoms with Crippen LogP contribution >= 0.6 is 23.1 Å². The van der Waals surface area contributed by atoms with Gasteiger partial charge in [0.15, 0.2) is 4.34 Å². The van der Waals surface area contributed by atoms with E-state index >= 15 is 0 Å². The highest BCUT2D eigenvalue weighted by Crippen LogP contribution is 2.29. The summed E-state index contributed by atoms with van der Waals surface area (Å²) in [6.07, 6.45) is 1.46. The van der Waals surface area contributed by atoms with Gasteiger partial charge < -0.3 is 9.47 Å². The van der Waals surface area contributed by atoms with E-state index in [4.69, 9.17) is 9.47 Å². The van der Waals surface area contributed by atoms with Crippen LogP contribution in [0.25, 0.3) is 10.2 Å². The molecule has 2 aromatic rings. The molecule has 27 heavy (non-hydrogen) atoms. The third kappa shape index (κ3) is 8.29. The van der Waals surface area contributed by atoms with Crippen LogP contribution in [0, 0.1) is 0 Å². The number of carbonyl (C=O) groups excluding carboxylic acids is 1. The Morgan fingerprint density at radius 2 is 2.11 bits per heavy atom. The lowest BCUT2D eigenvalue weighted by atomic mass is 10.3. The summed E-state index contributed by atoms with van der Waals surface area (Å²) >= 11 is 2.93. The van der Waals surface area contributed by atoms with Crippen LogP contribution in [-0.4, -0.2) is 51.2 Å². The van der Waals surface area contributed by atoms with Crippen molar-refractivity contribution in [3.63, 3.8) is 0 Å². The van der Waals surface area contributed by atoms with Crippen LogP contribution in [0.5, 0.6) is 0 Å². The van der Waals surface area contributed by atoms with E-state index in [2.05, 4.69) is 11.9 Å². The zero-order chi connectivity index (χ0) is 19.6. The fraction of sp³-hybridized carbons (Fsp3) is 0.579. The number of aromatic nitrogens is 1. The van der Waals surface area contributed by atoms with Crippen molar-refractivity contribution in [2.75, 3.05) is 23.9 Å². The maximum Gasteiger partial charge on any atom is 0.316 e. The monoisotopic (exact) mass is 429 g/mol. The van der Waals surface area contributed by atoms with Gasteiger partial charge in [-0.15, -0.1) is 11.3 Å². The van der Waals surface area contributed by atoms with Gasteiger partial charge in [0.05, 0.1) is 34.4 Å². The maximum atomic E-state index is 12.3. The molecule has 0 fully saturated rings. The first-order valence-electron chi connectivity index (χ1n) is 9.12. The maximum absolute atomic E-state index is 12.3. The molecule has 2 atom stereocenters. The number of ether oxygens (including phenoxy) is 2. The second-order valence-corrected chi connectivity index (χ2v) is 10.3. The number of thioether (sulfide) groups is 1. The number of unbranched alkanes of at least 4 members (excludes halogenated alkanes) is 1. The zero-order valence-electron chi connectivity index (χ0n) is 16.0. The molecule has 0 radical (unpaired) electrons. The second-order valence-electron chi connectivity index (χ2n) is 6.39. The number of nitrogens with zero attached hydrogens (tertiary/aromatic N) is 1. The van der Waals surface area contributed by atoms with Crippen molar-refractivity contribution in [1.29, 1.82) is 0 Å². The first-order valence-corrected chi connectivity index (χ1v) is 12.4. The third-order valence-corrected chi connectivity index (χ3v) is 7.24. The van der Waals surface area contributed by atoms with Crippen molar-refractivity contribution < 1.29 is 18.5 Å². The molecule has 0 N–H and O–H groups in total. The summed E-state index contributed by atoms with van der Waals surface area (Å²) in [7, 11) is -1.01. The topological polar surface area (TPSA) is 65.5 Å². The van der Waals surface area contributed by atoms with E-state index in [9.17, 15) is 9.00 Å². The van der Waals surface area contributed by atoms with Gasteiger partial charge in [-0.25, -0.2) is 4.98 Å². The molecule has 0 bridgehead atoms. The highest BCUT2D eigenvalue weighted by atomic mass is 32.2. The first-order chi connectivity index (χ1) is 13.0. The van der Waals surface area contributed by atoms with Gasteiger partial charge in [0, 0.05) is 16.6 Å². The fourth-order valence-electron chi connectivity index (χ4n) is 2.27. The molecule has 2 unspecified atom stereocenters. The van der Waals surface area contributed by atoms with E-state index < -0.39 is 16.9 Å². The normalized spacial score (nSPS) is 13.8. The molecule has 0 aliphatic heterocycles. The number of benzene rings is 1. The van der Waals surface area contributed by atoms with Gasteiger partial charge in [-0.2, -0.15) is 0 Å². The minimum Gasteiger partial charge on any atom is -0.458 e. The van der Waals surface area contributed by atoms with Crippen molar-refractivity contribution in [2.24, 2.45) is 0 Å². The average molecular weight is 430 g/mol. The molecule has 2 rings (SSSR count). The summed E-state index contributed by atoms with van der Waals surface area (Å²) in [5, 5.41) is 0. The molecule has 0 amide bonds. The number of hydrogen-bond acceptors (Lipinski definition) is 7. The number of hydrogen-bond donors (Lipinski definition) is 0. The standard InChI is InChI=1S/C19H27NO4S3/c1-4-5-10-27(22)13-15(11-23-14(2)3)24-18(21)12-25-19-20-16-8-6-7-9-17(16)26-19/h6-9,14-15H,4-5,10-13H2,1-3H3. The summed E-state index contributed by atoms with van der Waals surface area (Å²) in [6, 6.07) is 7.89. The van der Waals surface area contributed by atoms with Gasteiger partial charge in [-0.05, 0) is 32.4 Å². The molecule has 0 aliphatic rings. The van der Waals surface area contributed by atoms with Crippen LogP contribution in [-0.2, 0) is 25.1 Å². The summed E-state index contributed by atoms with van der Waals surface area (Å²) in [5.41, 5.74) is 0.938. The van der Waals surface area contributed by atoms with E-state index in [1.807, 2.05) is 38.1 Å². The van der Waals surface area contributed by atoms with Crippen molar-refractivity contribution in [2.45, 2.75) is 50.2 Å². The fourth-order valence-corrected chi connectivity index (χ4v) is 5.47. The molecule has 150 valence electrons. The lowest BCUT2D eigenvalue weighted by Crippen LogP contribution is -2.31. The summed E-state index contributed by atoms with van der Waals surface area (Å²) < 4.78 is 25.2. The van der Waals surface area contributed by atoms with Crippen molar-refractivity contribution in [3.05, 3.63) is 24.3 Å².